The molecule has 1 heterocycles. The molecule has 1 N–H and O–H groups in total. The Bertz CT molecular complexity index is 1150. The van der Waals surface area contributed by atoms with Gasteiger partial charge in [0.05, 0.1) is 16.0 Å². The standard InChI is InChI=1S/C22H16BrN3O2/c23-17-11-12-19-18(13-17)20(16-9-5-2-6-10-16)21(26(27)28)22(25-19)24-14-15-7-3-1-4-8-15/h1-13H,14H2,(H,24,25). The number of nitrogens with zero attached hydrogens (tertiary/aromatic N) is 2. The Morgan fingerprint density at radius 1 is 0.964 bits per heavy atom. The molecule has 3 aromatic carbocycles. The Morgan fingerprint density at radius 3 is 2.32 bits per heavy atom. The van der Waals surface area contributed by atoms with Crippen molar-refractivity contribution in [3.05, 3.63) is 99.0 Å². The van der Waals surface area contributed by atoms with Crippen molar-refractivity contribution in [2.45, 2.75) is 6.54 Å². The summed E-state index contributed by atoms with van der Waals surface area (Å²) in [7, 11) is 0. The van der Waals surface area contributed by atoms with Crippen LogP contribution in [0.15, 0.2) is 83.3 Å². The van der Waals surface area contributed by atoms with Crippen LogP contribution in [0.5, 0.6) is 0 Å². The van der Waals surface area contributed by atoms with E-state index >= 15 is 0 Å². The topological polar surface area (TPSA) is 68.1 Å². The van der Waals surface area contributed by atoms with Crippen molar-refractivity contribution < 1.29 is 4.92 Å². The summed E-state index contributed by atoms with van der Waals surface area (Å²) in [5.74, 6) is 0.266. The normalized spacial score (nSPS) is 10.8. The summed E-state index contributed by atoms with van der Waals surface area (Å²) in [5.41, 5.74) is 3.04. The van der Waals surface area contributed by atoms with Gasteiger partial charge in [0.25, 0.3) is 0 Å². The van der Waals surface area contributed by atoms with Crippen molar-refractivity contribution in [3.8, 4) is 11.1 Å². The predicted molar refractivity (Wildman–Crippen MR) is 115 cm³/mol. The molecular weight excluding hydrogens is 418 g/mol. The Kier molecular flexibility index (Phi) is 5.04. The van der Waals surface area contributed by atoms with Gasteiger partial charge >= 0.3 is 5.69 Å². The van der Waals surface area contributed by atoms with Gasteiger partial charge in [-0.25, -0.2) is 4.98 Å². The van der Waals surface area contributed by atoms with Crippen LogP contribution in [-0.2, 0) is 6.54 Å². The van der Waals surface area contributed by atoms with E-state index in [1.165, 1.54) is 0 Å². The highest BCUT2D eigenvalue weighted by Crippen LogP contribution is 2.41. The number of halogens is 1. The molecule has 0 saturated heterocycles. The van der Waals surface area contributed by atoms with Crippen LogP contribution in [0.25, 0.3) is 22.0 Å². The van der Waals surface area contributed by atoms with Crippen molar-refractivity contribution in [2.24, 2.45) is 0 Å². The first-order valence-electron chi connectivity index (χ1n) is 8.74. The zero-order valence-electron chi connectivity index (χ0n) is 14.8. The summed E-state index contributed by atoms with van der Waals surface area (Å²) in [4.78, 5) is 16.3. The summed E-state index contributed by atoms with van der Waals surface area (Å²) in [6.07, 6.45) is 0. The summed E-state index contributed by atoms with van der Waals surface area (Å²) in [5, 5.41) is 16.0. The van der Waals surface area contributed by atoms with Gasteiger partial charge in [-0.2, -0.15) is 0 Å². The van der Waals surface area contributed by atoms with Crippen LogP contribution in [0.1, 0.15) is 5.56 Å². The van der Waals surface area contributed by atoms with Gasteiger partial charge in [0.1, 0.15) is 0 Å². The van der Waals surface area contributed by atoms with Gasteiger partial charge in [-0.15, -0.1) is 0 Å². The number of pyridine rings is 1. The minimum Gasteiger partial charge on any atom is -0.360 e. The molecule has 0 unspecified atom stereocenters. The molecule has 0 aliphatic carbocycles. The lowest BCUT2D eigenvalue weighted by atomic mass is 9.99. The molecule has 138 valence electrons. The second-order valence-electron chi connectivity index (χ2n) is 6.31. The monoisotopic (exact) mass is 433 g/mol. The maximum atomic E-state index is 12.1. The average molecular weight is 434 g/mol. The second kappa shape index (κ2) is 7.78. The molecule has 0 saturated carbocycles. The fraction of sp³-hybridized carbons (Fsp3) is 0.0455. The first-order chi connectivity index (χ1) is 13.6. The number of hydrogen-bond acceptors (Lipinski definition) is 4. The summed E-state index contributed by atoms with van der Waals surface area (Å²) < 4.78 is 0.846. The molecule has 4 aromatic rings. The van der Waals surface area contributed by atoms with E-state index < -0.39 is 0 Å². The van der Waals surface area contributed by atoms with Crippen LogP contribution in [0.4, 0.5) is 11.5 Å². The van der Waals surface area contributed by atoms with Gasteiger partial charge in [0.15, 0.2) is 0 Å². The van der Waals surface area contributed by atoms with E-state index in [0.717, 1.165) is 21.0 Å². The second-order valence-corrected chi connectivity index (χ2v) is 7.22. The van der Waals surface area contributed by atoms with Crippen LogP contribution in [-0.4, -0.2) is 9.91 Å². The van der Waals surface area contributed by atoms with Crippen molar-refractivity contribution >= 4 is 38.3 Å². The summed E-state index contributed by atoms with van der Waals surface area (Å²) in [6, 6.07) is 24.8. The molecule has 1 aromatic heterocycles. The highest BCUT2D eigenvalue weighted by Gasteiger charge is 2.26. The van der Waals surface area contributed by atoms with Crippen LogP contribution in [0.3, 0.4) is 0 Å². The molecule has 0 bridgehead atoms. The first-order valence-corrected chi connectivity index (χ1v) is 9.53. The molecule has 4 rings (SSSR count). The van der Waals surface area contributed by atoms with Gasteiger partial charge in [0.2, 0.25) is 5.82 Å². The Labute approximate surface area is 170 Å². The number of rotatable bonds is 5. The van der Waals surface area contributed by atoms with Gasteiger partial charge in [0, 0.05) is 16.4 Å². The molecule has 0 fully saturated rings. The van der Waals surface area contributed by atoms with E-state index in [1.807, 2.05) is 78.9 Å². The number of nitro groups is 1. The third-order valence-corrected chi connectivity index (χ3v) is 4.96. The maximum Gasteiger partial charge on any atom is 0.319 e. The lowest BCUT2D eigenvalue weighted by Gasteiger charge is -2.13. The number of fused-ring (bicyclic) bond motifs is 1. The number of nitrogens with one attached hydrogen (secondary N) is 1. The SMILES string of the molecule is O=[N+]([O-])c1c(NCc2ccccc2)nc2ccc(Br)cc2c1-c1ccccc1. The van der Waals surface area contributed by atoms with E-state index in [2.05, 4.69) is 26.2 Å². The zero-order chi connectivity index (χ0) is 19.5. The highest BCUT2D eigenvalue weighted by atomic mass is 79.9. The molecule has 0 aliphatic rings. The third kappa shape index (κ3) is 3.59. The third-order valence-electron chi connectivity index (χ3n) is 4.47. The first kappa shape index (κ1) is 18.1. The van der Waals surface area contributed by atoms with Crippen molar-refractivity contribution in [1.29, 1.82) is 0 Å². The van der Waals surface area contributed by atoms with E-state index in [4.69, 9.17) is 0 Å². The van der Waals surface area contributed by atoms with Crippen molar-refractivity contribution in [1.82, 2.24) is 4.98 Å². The Morgan fingerprint density at radius 2 is 1.64 bits per heavy atom. The number of benzene rings is 3. The summed E-state index contributed by atoms with van der Waals surface area (Å²) in [6.45, 7) is 0.449. The van der Waals surface area contributed by atoms with Crippen LogP contribution >= 0.6 is 15.9 Å². The minimum atomic E-state index is -0.358. The smallest absolute Gasteiger partial charge is 0.319 e. The molecule has 6 heteroatoms. The average Bonchev–Trinajstić information content (AvgIpc) is 2.72. The van der Waals surface area contributed by atoms with Gasteiger partial charge in [-0.3, -0.25) is 10.1 Å². The number of anilines is 1. The van der Waals surface area contributed by atoms with Crippen molar-refractivity contribution in [3.63, 3.8) is 0 Å². The number of aromatic nitrogens is 1. The maximum absolute atomic E-state index is 12.1. The predicted octanol–water partition coefficient (Wildman–Crippen LogP) is 6.18. The van der Waals surface area contributed by atoms with Crippen LogP contribution in [0, 0.1) is 10.1 Å². The lowest BCUT2D eigenvalue weighted by Crippen LogP contribution is -2.06. The van der Waals surface area contributed by atoms with Crippen LogP contribution < -0.4 is 5.32 Å². The van der Waals surface area contributed by atoms with E-state index in [-0.39, 0.29) is 16.4 Å². The Balaban J connectivity index is 1.93. The molecule has 0 atom stereocenters. The van der Waals surface area contributed by atoms with Crippen LogP contribution in [0.2, 0.25) is 0 Å². The molecule has 0 spiro atoms. The zero-order valence-corrected chi connectivity index (χ0v) is 16.4. The minimum absolute atomic E-state index is 0.0206. The van der Waals surface area contributed by atoms with Gasteiger partial charge in [-0.1, -0.05) is 76.6 Å². The molecule has 0 aliphatic heterocycles. The van der Waals surface area contributed by atoms with E-state index in [0.29, 0.717) is 17.6 Å². The fourth-order valence-electron chi connectivity index (χ4n) is 3.21. The molecule has 0 amide bonds. The molecule has 0 radical (unpaired) electrons. The highest BCUT2D eigenvalue weighted by molar-refractivity contribution is 9.10. The molecule has 5 nitrogen and oxygen atoms in total. The fourth-order valence-corrected chi connectivity index (χ4v) is 3.57. The number of hydrogen-bond donors (Lipinski definition) is 1. The largest absolute Gasteiger partial charge is 0.360 e. The van der Waals surface area contributed by atoms with Crippen molar-refractivity contribution in [2.75, 3.05) is 5.32 Å². The lowest BCUT2D eigenvalue weighted by molar-refractivity contribution is -0.383. The van der Waals surface area contributed by atoms with Gasteiger partial charge < -0.3 is 5.32 Å². The summed E-state index contributed by atoms with van der Waals surface area (Å²) >= 11 is 3.47. The van der Waals surface area contributed by atoms with E-state index in [9.17, 15) is 10.1 Å². The van der Waals surface area contributed by atoms with Gasteiger partial charge in [-0.05, 0) is 29.3 Å². The van der Waals surface area contributed by atoms with E-state index in [1.54, 1.807) is 0 Å². The quantitative estimate of drug-likeness (QED) is 0.301. The Hall–Kier alpha value is -3.25. The molecular formula is C22H16BrN3O2. The molecule has 28 heavy (non-hydrogen) atoms.